The van der Waals surface area contributed by atoms with Gasteiger partial charge in [-0.25, -0.2) is 4.79 Å². The average Bonchev–Trinajstić information content (AvgIpc) is 3.13. The van der Waals surface area contributed by atoms with Crippen molar-refractivity contribution in [3.05, 3.63) is 65.7 Å². The van der Waals surface area contributed by atoms with Crippen molar-refractivity contribution in [1.29, 1.82) is 0 Å². The SMILES string of the molecule is CCC(C(=O)NCC#Cc1ccc(N2CCOC2=O)cc1)c1ccccc1. The molecule has 0 radical (unpaired) electrons. The van der Waals surface area contributed by atoms with Crippen LogP contribution in [0.2, 0.25) is 0 Å². The molecule has 3 rings (SSSR count). The average molecular weight is 362 g/mol. The van der Waals surface area contributed by atoms with Crippen molar-refractivity contribution < 1.29 is 14.3 Å². The highest BCUT2D eigenvalue weighted by Gasteiger charge is 2.23. The van der Waals surface area contributed by atoms with E-state index in [1.165, 1.54) is 0 Å². The number of nitrogens with zero attached hydrogens (tertiary/aromatic N) is 1. The maximum atomic E-state index is 12.4. The third-order valence-electron chi connectivity index (χ3n) is 4.45. The summed E-state index contributed by atoms with van der Waals surface area (Å²) >= 11 is 0. The fraction of sp³-hybridized carbons (Fsp3) is 0.273. The molecule has 1 aliphatic rings. The Bertz CT molecular complexity index is 851. The lowest BCUT2D eigenvalue weighted by Gasteiger charge is -2.14. The molecule has 5 nitrogen and oxygen atoms in total. The van der Waals surface area contributed by atoms with E-state index in [2.05, 4.69) is 17.2 Å². The highest BCUT2D eigenvalue weighted by atomic mass is 16.6. The van der Waals surface area contributed by atoms with E-state index in [1.807, 2.05) is 61.5 Å². The number of anilines is 1. The summed E-state index contributed by atoms with van der Waals surface area (Å²) in [5, 5.41) is 2.88. The van der Waals surface area contributed by atoms with Crippen LogP contribution in [0.1, 0.15) is 30.4 Å². The lowest BCUT2D eigenvalue weighted by Crippen LogP contribution is -2.29. The van der Waals surface area contributed by atoms with Gasteiger partial charge in [-0.1, -0.05) is 49.1 Å². The molecule has 0 aliphatic carbocycles. The molecule has 2 amide bonds. The lowest BCUT2D eigenvalue weighted by atomic mass is 9.96. The molecule has 1 fully saturated rings. The molecule has 0 spiro atoms. The van der Waals surface area contributed by atoms with Crippen LogP contribution in [0.25, 0.3) is 0 Å². The molecule has 138 valence electrons. The Kier molecular flexibility index (Phi) is 6.11. The largest absolute Gasteiger partial charge is 0.447 e. The Morgan fingerprint density at radius 3 is 2.56 bits per heavy atom. The van der Waals surface area contributed by atoms with Gasteiger partial charge in [0.05, 0.1) is 19.0 Å². The molecule has 1 saturated heterocycles. The van der Waals surface area contributed by atoms with E-state index in [0.717, 1.165) is 23.2 Å². The second-order valence-electron chi connectivity index (χ2n) is 6.20. The van der Waals surface area contributed by atoms with Gasteiger partial charge < -0.3 is 10.1 Å². The first kappa shape index (κ1) is 18.5. The number of ether oxygens (including phenoxy) is 1. The molecule has 0 aromatic heterocycles. The molecular formula is C22H22N2O3. The van der Waals surface area contributed by atoms with Crippen LogP contribution in [0.5, 0.6) is 0 Å². The van der Waals surface area contributed by atoms with Crippen LogP contribution in [0, 0.1) is 11.8 Å². The standard InChI is InChI=1S/C22H22N2O3/c1-2-20(18-8-4-3-5-9-18)21(25)23-14-6-7-17-10-12-19(13-11-17)24-15-16-27-22(24)26/h3-5,8-13,20H,2,14-16H2,1H3,(H,23,25). The Morgan fingerprint density at radius 1 is 1.19 bits per heavy atom. The van der Waals surface area contributed by atoms with Crippen molar-refractivity contribution >= 4 is 17.7 Å². The van der Waals surface area contributed by atoms with Gasteiger partial charge in [0.1, 0.15) is 6.61 Å². The fourth-order valence-electron chi connectivity index (χ4n) is 3.01. The van der Waals surface area contributed by atoms with Gasteiger partial charge in [-0.05, 0) is 36.2 Å². The van der Waals surface area contributed by atoms with Gasteiger partial charge in [0.15, 0.2) is 0 Å². The summed E-state index contributed by atoms with van der Waals surface area (Å²) in [6.45, 7) is 3.28. The van der Waals surface area contributed by atoms with E-state index in [1.54, 1.807) is 4.90 Å². The number of amides is 2. The van der Waals surface area contributed by atoms with Crippen LogP contribution in [-0.4, -0.2) is 31.7 Å². The quantitative estimate of drug-likeness (QED) is 0.830. The third-order valence-corrected chi connectivity index (χ3v) is 4.45. The first-order chi connectivity index (χ1) is 13.2. The fourth-order valence-corrected chi connectivity index (χ4v) is 3.01. The molecule has 27 heavy (non-hydrogen) atoms. The van der Waals surface area contributed by atoms with Crippen molar-refractivity contribution in [2.24, 2.45) is 0 Å². The van der Waals surface area contributed by atoms with E-state index < -0.39 is 0 Å². The highest BCUT2D eigenvalue weighted by Crippen LogP contribution is 2.20. The van der Waals surface area contributed by atoms with Gasteiger partial charge in [-0.15, -0.1) is 0 Å². The van der Waals surface area contributed by atoms with Crippen LogP contribution in [0.4, 0.5) is 10.5 Å². The van der Waals surface area contributed by atoms with Gasteiger partial charge in [0.25, 0.3) is 0 Å². The summed E-state index contributed by atoms with van der Waals surface area (Å²) in [4.78, 5) is 25.5. The maximum absolute atomic E-state index is 12.4. The van der Waals surface area contributed by atoms with Crippen molar-refractivity contribution in [2.75, 3.05) is 24.6 Å². The minimum absolute atomic E-state index is 0.0131. The summed E-state index contributed by atoms with van der Waals surface area (Å²) in [7, 11) is 0. The number of carbonyl (C=O) groups is 2. The molecular weight excluding hydrogens is 340 g/mol. The number of benzene rings is 2. The number of nitrogens with one attached hydrogen (secondary N) is 1. The smallest absolute Gasteiger partial charge is 0.414 e. The number of cyclic esters (lactones) is 1. The van der Waals surface area contributed by atoms with Crippen LogP contribution in [0.15, 0.2) is 54.6 Å². The number of rotatable bonds is 5. The minimum atomic E-state index is -0.319. The lowest BCUT2D eigenvalue weighted by molar-refractivity contribution is -0.122. The molecule has 2 aromatic rings. The minimum Gasteiger partial charge on any atom is -0.447 e. The predicted molar refractivity (Wildman–Crippen MR) is 104 cm³/mol. The molecule has 2 aromatic carbocycles. The summed E-state index contributed by atoms with van der Waals surface area (Å²) in [6.07, 6.45) is 0.421. The topological polar surface area (TPSA) is 58.6 Å². The van der Waals surface area contributed by atoms with Gasteiger partial charge in [0.2, 0.25) is 5.91 Å². The Balaban J connectivity index is 1.54. The van der Waals surface area contributed by atoms with Crippen LogP contribution in [0.3, 0.4) is 0 Å². The van der Waals surface area contributed by atoms with Crippen LogP contribution >= 0.6 is 0 Å². The van der Waals surface area contributed by atoms with Gasteiger partial charge in [-0.3, -0.25) is 9.69 Å². The molecule has 1 unspecified atom stereocenters. The van der Waals surface area contributed by atoms with Crippen LogP contribution < -0.4 is 10.2 Å². The molecule has 0 saturated carbocycles. The van der Waals surface area contributed by atoms with E-state index >= 15 is 0 Å². The van der Waals surface area contributed by atoms with Crippen molar-refractivity contribution in [3.63, 3.8) is 0 Å². The highest BCUT2D eigenvalue weighted by molar-refractivity contribution is 5.89. The van der Waals surface area contributed by atoms with Crippen LogP contribution in [-0.2, 0) is 9.53 Å². The zero-order chi connectivity index (χ0) is 19.1. The van der Waals surface area contributed by atoms with Crippen molar-refractivity contribution in [2.45, 2.75) is 19.3 Å². The second kappa shape index (κ2) is 8.91. The van der Waals surface area contributed by atoms with Gasteiger partial charge in [0, 0.05) is 11.3 Å². The van der Waals surface area contributed by atoms with E-state index in [-0.39, 0.29) is 17.9 Å². The Morgan fingerprint density at radius 2 is 1.93 bits per heavy atom. The third kappa shape index (κ3) is 4.68. The van der Waals surface area contributed by atoms with E-state index in [4.69, 9.17) is 4.74 Å². The summed E-state index contributed by atoms with van der Waals surface area (Å²) in [5.41, 5.74) is 2.64. The summed E-state index contributed by atoms with van der Waals surface area (Å²) < 4.78 is 4.93. The summed E-state index contributed by atoms with van der Waals surface area (Å²) in [5.74, 6) is 5.83. The maximum Gasteiger partial charge on any atom is 0.414 e. The normalized spacial score (nSPS) is 14.1. The number of carbonyl (C=O) groups excluding carboxylic acids is 2. The first-order valence-electron chi connectivity index (χ1n) is 9.05. The summed E-state index contributed by atoms with van der Waals surface area (Å²) in [6, 6.07) is 17.2. The molecule has 5 heteroatoms. The molecule has 1 aliphatic heterocycles. The molecule has 0 bridgehead atoms. The van der Waals surface area contributed by atoms with E-state index in [9.17, 15) is 9.59 Å². The second-order valence-corrected chi connectivity index (χ2v) is 6.20. The Hall–Kier alpha value is -3.26. The molecule has 1 heterocycles. The van der Waals surface area contributed by atoms with Gasteiger partial charge in [-0.2, -0.15) is 0 Å². The van der Waals surface area contributed by atoms with Crippen molar-refractivity contribution in [3.8, 4) is 11.8 Å². The Labute approximate surface area is 159 Å². The zero-order valence-electron chi connectivity index (χ0n) is 15.3. The molecule has 1 atom stereocenters. The van der Waals surface area contributed by atoms with Crippen molar-refractivity contribution in [1.82, 2.24) is 5.32 Å². The molecule has 1 N–H and O–H groups in total. The predicted octanol–water partition coefficient (Wildman–Crippen LogP) is 3.30. The van der Waals surface area contributed by atoms with E-state index in [0.29, 0.717) is 19.7 Å². The number of hydrogen-bond acceptors (Lipinski definition) is 3. The number of hydrogen-bond donors (Lipinski definition) is 1. The monoisotopic (exact) mass is 362 g/mol. The first-order valence-corrected chi connectivity index (χ1v) is 9.05. The van der Waals surface area contributed by atoms with Gasteiger partial charge >= 0.3 is 6.09 Å². The zero-order valence-corrected chi connectivity index (χ0v) is 15.3.